The van der Waals surface area contributed by atoms with E-state index in [-0.39, 0.29) is 4.90 Å². The lowest BCUT2D eigenvalue weighted by molar-refractivity contribution is 0.0730. The molecule has 0 amide bonds. The second-order valence-corrected chi connectivity index (χ2v) is 8.00. The molecule has 1 fully saturated rings. The van der Waals surface area contributed by atoms with Gasteiger partial charge in [0.25, 0.3) is 0 Å². The summed E-state index contributed by atoms with van der Waals surface area (Å²) in [6, 6.07) is 13.9. The molecule has 0 unspecified atom stereocenters. The molecule has 0 bridgehead atoms. The Morgan fingerprint density at radius 2 is 1.50 bits per heavy atom. The molecule has 0 spiro atoms. The Morgan fingerprint density at radius 3 is 2.14 bits per heavy atom. The fourth-order valence-corrected chi connectivity index (χ4v) is 4.21. The van der Waals surface area contributed by atoms with Crippen molar-refractivity contribution in [2.45, 2.75) is 11.8 Å². The minimum atomic E-state index is -3.49. The van der Waals surface area contributed by atoms with E-state index in [1.165, 1.54) is 4.31 Å². The standard InChI is InChI=1S/C20H25NO6S/c1-2-25-19-5-3-4-6-20(19)27-16-15-26-17-7-9-18(10-8-17)28(22,23)21-11-13-24-14-12-21/h3-10H,2,11-16H2,1H3. The third-order valence-corrected chi connectivity index (χ3v) is 6.10. The molecule has 152 valence electrons. The fraction of sp³-hybridized carbons (Fsp3) is 0.400. The molecule has 2 aromatic carbocycles. The summed E-state index contributed by atoms with van der Waals surface area (Å²) in [6.07, 6.45) is 0. The van der Waals surface area contributed by atoms with Crippen LogP contribution in [0.15, 0.2) is 53.4 Å². The average Bonchev–Trinajstić information content (AvgIpc) is 2.73. The molecule has 0 saturated carbocycles. The molecule has 0 radical (unpaired) electrons. The van der Waals surface area contributed by atoms with Gasteiger partial charge in [0.2, 0.25) is 10.0 Å². The number of sulfonamides is 1. The number of morpholine rings is 1. The largest absolute Gasteiger partial charge is 0.490 e. The topological polar surface area (TPSA) is 74.3 Å². The number of nitrogens with zero attached hydrogens (tertiary/aromatic N) is 1. The van der Waals surface area contributed by atoms with Crippen molar-refractivity contribution >= 4 is 10.0 Å². The van der Waals surface area contributed by atoms with Gasteiger partial charge in [-0.3, -0.25) is 0 Å². The minimum Gasteiger partial charge on any atom is -0.490 e. The van der Waals surface area contributed by atoms with Crippen molar-refractivity contribution in [2.24, 2.45) is 0 Å². The van der Waals surface area contributed by atoms with Crippen LogP contribution in [-0.2, 0) is 14.8 Å². The first-order chi connectivity index (χ1) is 13.6. The quantitative estimate of drug-likeness (QED) is 0.595. The molecule has 28 heavy (non-hydrogen) atoms. The van der Waals surface area contributed by atoms with Gasteiger partial charge in [0, 0.05) is 13.1 Å². The molecular weight excluding hydrogens is 382 g/mol. The second kappa shape index (κ2) is 9.77. The fourth-order valence-electron chi connectivity index (χ4n) is 2.80. The maximum atomic E-state index is 12.6. The van der Waals surface area contributed by atoms with E-state index < -0.39 is 10.0 Å². The molecule has 0 aliphatic carbocycles. The first kappa shape index (κ1) is 20.4. The summed E-state index contributed by atoms with van der Waals surface area (Å²) in [4.78, 5) is 0.253. The van der Waals surface area contributed by atoms with Crippen LogP contribution in [0.5, 0.6) is 17.2 Å². The monoisotopic (exact) mass is 407 g/mol. The van der Waals surface area contributed by atoms with Crippen LogP contribution < -0.4 is 14.2 Å². The average molecular weight is 407 g/mol. The lowest BCUT2D eigenvalue weighted by Crippen LogP contribution is -2.40. The zero-order valence-corrected chi connectivity index (χ0v) is 16.7. The van der Waals surface area contributed by atoms with E-state index in [1.807, 2.05) is 31.2 Å². The van der Waals surface area contributed by atoms with E-state index in [4.69, 9.17) is 18.9 Å². The van der Waals surface area contributed by atoms with Crippen LogP contribution in [0.1, 0.15) is 6.92 Å². The Kier molecular flexibility index (Phi) is 7.13. The first-order valence-corrected chi connectivity index (χ1v) is 10.7. The van der Waals surface area contributed by atoms with E-state index in [1.54, 1.807) is 24.3 Å². The molecule has 1 aliphatic heterocycles. The van der Waals surface area contributed by atoms with Crippen LogP contribution in [0.4, 0.5) is 0 Å². The second-order valence-electron chi connectivity index (χ2n) is 6.06. The molecule has 0 aromatic heterocycles. The Hall–Kier alpha value is -2.29. The van der Waals surface area contributed by atoms with Crippen molar-refractivity contribution in [3.05, 3.63) is 48.5 Å². The van der Waals surface area contributed by atoms with Crippen LogP contribution in [0.3, 0.4) is 0 Å². The van der Waals surface area contributed by atoms with E-state index in [0.29, 0.717) is 63.4 Å². The van der Waals surface area contributed by atoms with Gasteiger partial charge in [-0.2, -0.15) is 4.31 Å². The number of benzene rings is 2. The summed E-state index contributed by atoms with van der Waals surface area (Å²) in [5, 5.41) is 0. The van der Waals surface area contributed by atoms with Crippen molar-refractivity contribution in [2.75, 3.05) is 46.1 Å². The van der Waals surface area contributed by atoms with Gasteiger partial charge in [0.05, 0.1) is 24.7 Å². The molecule has 0 N–H and O–H groups in total. The molecule has 2 aromatic rings. The molecular formula is C20H25NO6S. The lowest BCUT2D eigenvalue weighted by atomic mass is 10.3. The Labute approximate surface area is 165 Å². The number of para-hydroxylation sites is 2. The Morgan fingerprint density at radius 1 is 0.893 bits per heavy atom. The van der Waals surface area contributed by atoms with Crippen LogP contribution in [0, 0.1) is 0 Å². The SMILES string of the molecule is CCOc1ccccc1OCCOc1ccc(S(=O)(=O)N2CCOCC2)cc1. The molecule has 1 saturated heterocycles. The molecule has 0 atom stereocenters. The summed E-state index contributed by atoms with van der Waals surface area (Å²) in [6.45, 7) is 4.76. The van der Waals surface area contributed by atoms with E-state index in [2.05, 4.69) is 0 Å². The summed E-state index contributed by atoms with van der Waals surface area (Å²) < 4.78 is 48.7. The van der Waals surface area contributed by atoms with Crippen LogP contribution in [0.2, 0.25) is 0 Å². The maximum Gasteiger partial charge on any atom is 0.243 e. The first-order valence-electron chi connectivity index (χ1n) is 9.26. The number of hydrogen-bond donors (Lipinski definition) is 0. The highest BCUT2D eigenvalue weighted by Gasteiger charge is 2.26. The highest BCUT2D eigenvalue weighted by molar-refractivity contribution is 7.89. The summed E-state index contributed by atoms with van der Waals surface area (Å²) in [7, 11) is -3.49. The smallest absolute Gasteiger partial charge is 0.243 e. The van der Waals surface area contributed by atoms with Gasteiger partial charge in [-0.1, -0.05) is 12.1 Å². The Bertz CT molecular complexity index is 847. The van der Waals surface area contributed by atoms with Gasteiger partial charge >= 0.3 is 0 Å². The lowest BCUT2D eigenvalue weighted by Gasteiger charge is -2.26. The number of rotatable bonds is 9. The predicted molar refractivity (Wildman–Crippen MR) is 105 cm³/mol. The van der Waals surface area contributed by atoms with Crippen LogP contribution >= 0.6 is 0 Å². The van der Waals surface area contributed by atoms with Crippen molar-refractivity contribution in [3.8, 4) is 17.2 Å². The number of hydrogen-bond acceptors (Lipinski definition) is 6. The summed E-state index contributed by atoms with van der Waals surface area (Å²) in [5.41, 5.74) is 0. The van der Waals surface area contributed by atoms with Crippen molar-refractivity contribution < 1.29 is 27.4 Å². The summed E-state index contributed by atoms with van der Waals surface area (Å²) in [5.74, 6) is 1.95. The molecule has 8 heteroatoms. The zero-order valence-electron chi connectivity index (χ0n) is 15.9. The predicted octanol–water partition coefficient (Wildman–Crippen LogP) is 2.56. The molecule has 7 nitrogen and oxygen atoms in total. The molecule has 3 rings (SSSR count). The van der Waals surface area contributed by atoms with Crippen LogP contribution in [-0.4, -0.2) is 58.8 Å². The van der Waals surface area contributed by atoms with Crippen molar-refractivity contribution in [1.29, 1.82) is 0 Å². The van der Waals surface area contributed by atoms with Gasteiger partial charge < -0.3 is 18.9 Å². The van der Waals surface area contributed by atoms with Gasteiger partial charge in [0.1, 0.15) is 19.0 Å². The highest BCUT2D eigenvalue weighted by Crippen LogP contribution is 2.26. The van der Waals surface area contributed by atoms with Crippen LogP contribution in [0.25, 0.3) is 0 Å². The van der Waals surface area contributed by atoms with Crippen molar-refractivity contribution in [1.82, 2.24) is 4.31 Å². The van der Waals surface area contributed by atoms with Crippen molar-refractivity contribution in [3.63, 3.8) is 0 Å². The minimum absolute atomic E-state index is 0.253. The van der Waals surface area contributed by atoms with Gasteiger partial charge in [-0.05, 0) is 43.3 Å². The summed E-state index contributed by atoms with van der Waals surface area (Å²) >= 11 is 0. The van der Waals surface area contributed by atoms with Gasteiger partial charge in [-0.25, -0.2) is 8.42 Å². The third-order valence-electron chi connectivity index (χ3n) is 4.19. The Balaban J connectivity index is 1.51. The maximum absolute atomic E-state index is 12.6. The highest BCUT2D eigenvalue weighted by atomic mass is 32.2. The number of ether oxygens (including phenoxy) is 4. The normalized spacial score (nSPS) is 15.2. The molecule has 1 aliphatic rings. The van der Waals surface area contributed by atoms with Gasteiger partial charge in [-0.15, -0.1) is 0 Å². The zero-order chi connectivity index (χ0) is 19.8. The molecule has 1 heterocycles. The van der Waals surface area contributed by atoms with E-state index >= 15 is 0 Å². The third kappa shape index (κ3) is 5.15. The van der Waals surface area contributed by atoms with E-state index in [9.17, 15) is 8.42 Å². The van der Waals surface area contributed by atoms with E-state index in [0.717, 1.165) is 0 Å². The van der Waals surface area contributed by atoms with Gasteiger partial charge in [0.15, 0.2) is 11.5 Å².